The minimum Gasteiger partial charge on any atom is -0.375 e. The third kappa shape index (κ3) is 3.37. The molecule has 1 fully saturated rings. The van der Waals surface area contributed by atoms with E-state index >= 15 is 0 Å². The highest BCUT2D eigenvalue weighted by atomic mass is 16.6. The number of fused-ring (bicyclic) bond motifs is 1. The predicted octanol–water partition coefficient (Wildman–Crippen LogP) is 3.22. The van der Waals surface area contributed by atoms with Gasteiger partial charge in [-0.15, -0.1) is 0 Å². The van der Waals surface area contributed by atoms with Crippen LogP contribution in [0.2, 0.25) is 0 Å². The van der Waals surface area contributed by atoms with Gasteiger partial charge < -0.3 is 9.64 Å². The van der Waals surface area contributed by atoms with Crippen LogP contribution >= 0.6 is 0 Å². The number of amides is 1. The molecule has 0 saturated carbocycles. The number of anilines is 1. The molecule has 2 aliphatic heterocycles. The Hall–Kier alpha value is -1.95. The second-order valence-corrected chi connectivity index (χ2v) is 6.37. The standard InChI is InChI=1S/C17H22N2O4/c1-12-7-8-13(23-12)9-10-17(20)18-11-3-4-14-15(18)5-2-6-16(14)19(21)22/h2,5-6,12-13H,3-4,7-11H2,1H3/t12-,13+/m0/s1. The number of hydrogen-bond acceptors (Lipinski definition) is 4. The Balaban J connectivity index is 1.71. The van der Waals surface area contributed by atoms with Crippen LogP contribution in [0.1, 0.15) is 44.6 Å². The number of nitro groups is 1. The Morgan fingerprint density at radius 3 is 2.96 bits per heavy atom. The molecule has 0 unspecified atom stereocenters. The summed E-state index contributed by atoms with van der Waals surface area (Å²) in [6, 6.07) is 4.98. The fourth-order valence-corrected chi connectivity index (χ4v) is 3.55. The second-order valence-electron chi connectivity index (χ2n) is 6.37. The maximum absolute atomic E-state index is 12.6. The fourth-order valence-electron chi connectivity index (χ4n) is 3.55. The molecule has 0 aromatic heterocycles. The summed E-state index contributed by atoms with van der Waals surface area (Å²) in [4.78, 5) is 25.1. The van der Waals surface area contributed by atoms with E-state index in [4.69, 9.17) is 4.74 Å². The summed E-state index contributed by atoms with van der Waals surface area (Å²) < 4.78 is 5.76. The van der Waals surface area contributed by atoms with Crippen molar-refractivity contribution in [1.82, 2.24) is 0 Å². The lowest BCUT2D eigenvalue weighted by Gasteiger charge is -2.29. The highest BCUT2D eigenvalue weighted by molar-refractivity contribution is 5.95. The topological polar surface area (TPSA) is 72.7 Å². The van der Waals surface area contributed by atoms with Crippen molar-refractivity contribution < 1.29 is 14.5 Å². The van der Waals surface area contributed by atoms with E-state index in [0.29, 0.717) is 30.6 Å². The van der Waals surface area contributed by atoms with E-state index in [1.807, 2.05) is 6.07 Å². The molecular weight excluding hydrogens is 296 g/mol. The van der Waals surface area contributed by atoms with E-state index < -0.39 is 0 Å². The van der Waals surface area contributed by atoms with E-state index in [1.54, 1.807) is 11.0 Å². The zero-order valence-electron chi connectivity index (χ0n) is 13.4. The van der Waals surface area contributed by atoms with Crippen LogP contribution < -0.4 is 4.90 Å². The molecule has 2 aliphatic rings. The van der Waals surface area contributed by atoms with Crippen molar-refractivity contribution in [3.05, 3.63) is 33.9 Å². The Kier molecular flexibility index (Phi) is 4.61. The number of carbonyl (C=O) groups excluding carboxylic acids is 1. The average molecular weight is 318 g/mol. The summed E-state index contributed by atoms with van der Waals surface area (Å²) >= 11 is 0. The molecule has 6 heteroatoms. The minimum absolute atomic E-state index is 0.0367. The summed E-state index contributed by atoms with van der Waals surface area (Å²) in [7, 11) is 0. The average Bonchev–Trinajstić information content (AvgIpc) is 2.96. The van der Waals surface area contributed by atoms with E-state index in [1.165, 1.54) is 6.07 Å². The Labute approximate surface area is 135 Å². The lowest BCUT2D eigenvalue weighted by Crippen LogP contribution is -2.36. The van der Waals surface area contributed by atoms with Crippen molar-refractivity contribution in [3.8, 4) is 0 Å². The van der Waals surface area contributed by atoms with Crippen LogP contribution in [0.4, 0.5) is 11.4 Å². The Bertz CT molecular complexity index is 617. The van der Waals surface area contributed by atoms with Gasteiger partial charge in [0.1, 0.15) is 0 Å². The van der Waals surface area contributed by atoms with Crippen LogP contribution in [0, 0.1) is 10.1 Å². The van der Waals surface area contributed by atoms with Crippen molar-refractivity contribution in [3.63, 3.8) is 0 Å². The maximum Gasteiger partial charge on any atom is 0.274 e. The zero-order valence-corrected chi connectivity index (χ0v) is 13.4. The van der Waals surface area contributed by atoms with Gasteiger partial charge in [-0.3, -0.25) is 14.9 Å². The normalized spacial score (nSPS) is 23.6. The monoisotopic (exact) mass is 318 g/mol. The van der Waals surface area contributed by atoms with Crippen molar-refractivity contribution in [2.45, 2.75) is 57.7 Å². The van der Waals surface area contributed by atoms with Gasteiger partial charge in [-0.05, 0) is 45.1 Å². The second kappa shape index (κ2) is 6.66. The molecule has 0 aliphatic carbocycles. The van der Waals surface area contributed by atoms with Crippen LogP contribution in [0.5, 0.6) is 0 Å². The molecule has 0 N–H and O–H groups in total. The zero-order chi connectivity index (χ0) is 16.4. The van der Waals surface area contributed by atoms with Gasteiger partial charge in [0.05, 0.1) is 28.4 Å². The van der Waals surface area contributed by atoms with Crippen LogP contribution in [0.25, 0.3) is 0 Å². The van der Waals surface area contributed by atoms with Gasteiger partial charge in [0.15, 0.2) is 0 Å². The molecule has 2 heterocycles. The molecule has 2 atom stereocenters. The number of nitrogens with zero attached hydrogens (tertiary/aromatic N) is 2. The lowest BCUT2D eigenvalue weighted by atomic mass is 9.99. The summed E-state index contributed by atoms with van der Waals surface area (Å²) in [6.07, 6.45) is 5.09. The molecule has 1 aromatic rings. The van der Waals surface area contributed by atoms with Crippen molar-refractivity contribution in [1.29, 1.82) is 0 Å². The first kappa shape index (κ1) is 15.9. The quantitative estimate of drug-likeness (QED) is 0.631. The molecule has 124 valence electrons. The SMILES string of the molecule is C[C@H]1CC[C@H](CCC(=O)N2CCCc3c2cccc3[N+](=O)[O-])O1. The molecule has 23 heavy (non-hydrogen) atoms. The molecule has 0 radical (unpaired) electrons. The molecule has 6 nitrogen and oxygen atoms in total. The van der Waals surface area contributed by atoms with Gasteiger partial charge in [-0.2, -0.15) is 0 Å². The van der Waals surface area contributed by atoms with Gasteiger partial charge in [-0.1, -0.05) is 6.07 Å². The van der Waals surface area contributed by atoms with Crippen LogP contribution in [0.15, 0.2) is 18.2 Å². The fraction of sp³-hybridized carbons (Fsp3) is 0.588. The van der Waals surface area contributed by atoms with E-state index in [-0.39, 0.29) is 28.7 Å². The minimum atomic E-state index is -0.361. The number of ether oxygens (including phenoxy) is 1. The molecule has 1 amide bonds. The summed E-state index contributed by atoms with van der Waals surface area (Å²) in [6.45, 7) is 2.69. The number of hydrogen-bond donors (Lipinski definition) is 0. The molecule has 0 spiro atoms. The Morgan fingerprint density at radius 2 is 2.26 bits per heavy atom. The summed E-state index contributed by atoms with van der Waals surface area (Å²) in [5, 5.41) is 11.2. The molecule has 3 rings (SSSR count). The van der Waals surface area contributed by atoms with Gasteiger partial charge in [0, 0.05) is 19.0 Å². The van der Waals surface area contributed by atoms with Crippen molar-refractivity contribution in [2.24, 2.45) is 0 Å². The maximum atomic E-state index is 12.6. The lowest BCUT2D eigenvalue weighted by molar-refractivity contribution is -0.385. The summed E-state index contributed by atoms with van der Waals surface area (Å²) in [5.74, 6) is 0.0367. The third-order valence-corrected chi connectivity index (χ3v) is 4.72. The van der Waals surface area contributed by atoms with E-state index in [9.17, 15) is 14.9 Å². The smallest absolute Gasteiger partial charge is 0.274 e. The van der Waals surface area contributed by atoms with Crippen molar-refractivity contribution >= 4 is 17.3 Å². The molecule has 1 aromatic carbocycles. The van der Waals surface area contributed by atoms with Gasteiger partial charge in [0.2, 0.25) is 5.91 Å². The largest absolute Gasteiger partial charge is 0.375 e. The van der Waals surface area contributed by atoms with Crippen LogP contribution in [-0.2, 0) is 16.0 Å². The predicted molar refractivity (Wildman–Crippen MR) is 86.6 cm³/mol. The van der Waals surface area contributed by atoms with Gasteiger partial charge in [-0.25, -0.2) is 0 Å². The number of nitro benzene ring substituents is 1. The van der Waals surface area contributed by atoms with Gasteiger partial charge >= 0.3 is 0 Å². The number of carbonyl (C=O) groups is 1. The summed E-state index contributed by atoms with van der Waals surface area (Å²) in [5.41, 5.74) is 1.51. The van der Waals surface area contributed by atoms with Crippen LogP contribution in [0.3, 0.4) is 0 Å². The highest BCUT2D eigenvalue weighted by Gasteiger charge is 2.29. The number of benzene rings is 1. The first-order chi connectivity index (χ1) is 11.1. The van der Waals surface area contributed by atoms with E-state index in [2.05, 4.69) is 6.92 Å². The first-order valence-corrected chi connectivity index (χ1v) is 8.28. The molecule has 1 saturated heterocycles. The third-order valence-electron chi connectivity index (χ3n) is 4.72. The van der Waals surface area contributed by atoms with E-state index in [0.717, 1.165) is 25.7 Å². The highest BCUT2D eigenvalue weighted by Crippen LogP contribution is 2.34. The number of rotatable bonds is 4. The van der Waals surface area contributed by atoms with Crippen molar-refractivity contribution in [2.75, 3.05) is 11.4 Å². The molecular formula is C17H22N2O4. The van der Waals surface area contributed by atoms with Crippen LogP contribution in [-0.4, -0.2) is 29.6 Å². The van der Waals surface area contributed by atoms with Gasteiger partial charge in [0.25, 0.3) is 5.69 Å². The first-order valence-electron chi connectivity index (χ1n) is 8.28. The Morgan fingerprint density at radius 1 is 1.43 bits per heavy atom. The molecule has 0 bridgehead atoms.